The average Bonchev–Trinajstić information content (AvgIpc) is 2.87. The van der Waals surface area contributed by atoms with Crippen molar-refractivity contribution in [2.45, 2.75) is 6.42 Å². The molecule has 0 saturated carbocycles. The zero-order valence-corrected chi connectivity index (χ0v) is 10.7. The summed E-state index contributed by atoms with van der Waals surface area (Å²) in [7, 11) is 1.67. The van der Waals surface area contributed by atoms with E-state index in [-0.39, 0.29) is 5.69 Å². The van der Waals surface area contributed by atoms with Crippen LogP contribution in [0.2, 0.25) is 0 Å². The predicted octanol–water partition coefficient (Wildman–Crippen LogP) is 0.748. The second kappa shape index (κ2) is 5.81. The predicted molar refractivity (Wildman–Crippen MR) is 70.9 cm³/mol. The smallest absolute Gasteiger partial charge is 0.276 e. The molecule has 8 heteroatoms. The van der Waals surface area contributed by atoms with Crippen LogP contribution in [-0.2, 0) is 4.74 Å². The molecule has 2 heterocycles. The van der Waals surface area contributed by atoms with Gasteiger partial charge in [0.1, 0.15) is 11.6 Å². The van der Waals surface area contributed by atoms with E-state index in [1.807, 2.05) is 4.90 Å². The van der Waals surface area contributed by atoms with Crippen molar-refractivity contribution in [2.75, 3.05) is 37.1 Å². The highest BCUT2D eigenvalue weighted by molar-refractivity contribution is 5.55. The quantitative estimate of drug-likeness (QED) is 0.460. The van der Waals surface area contributed by atoms with Crippen LogP contribution in [0.25, 0.3) is 0 Å². The standard InChI is InChI=1S/C11H17N5O3/c1-19-7-8-2-3-15(6-8)11-5-9(16(17)18)4-10(13-11)14-12/h4-5,8H,2-3,6-7,12H2,1H3,(H,13,14). The molecule has 0 spiro atoms. The molecule has 8 nitrogen and oxygen atoms in total. The van der Waals surface area contributed by atoms with Gasteiger partial charge in [0.25, 0.3) is 5.69 Å². The number of hydrogen-bond acceptors (Lipinski definition) is 7. The van der Waals surface area contributed by atoms with E-state index in [9.17, 15) is 10.1 Å². The number of nitrogens with zero attached hydrogens (tertiary/aromatic N) is 3. The van der Waals surface area contributed by atoms with Gasteiger partial charge in [-0.15, -0.1) is 0 Å². The number of aromatic nitrogens is 1. The van der Waals surface area contributed by atoms with Crippen LogP contribution in [0.1, 0.15) is 6.42 Å². The van der Waals surface area contributed by atoms with Gasteiger partial charge in [0.2, 0.25) is 0 Å². The minimum atomic E-state index is -0.450. The van der Waals surface area contributed by atoms with Crippen LogP contribution in [0.15, 0.2) is 12.1 Å². The van der Waals surface area contributed by atoms with E-state index >= 15 is 0 Å². The van der Waals surface area contributed by atoms with Crippen LogP contribution in [-0.4, -0.2) is 36.7 Å². The zero-order chi connectivity index (χ0) is 13.8. The summed E-state index contributed by atoms with van der Waals surface area (Å²) in [6.07, 6.45) is 0.990. The van der Waals surface area contributed by atoms with Crippen molar-refractivity contribution in [3.05, 3.63) is 22.2 Å². The molecule has 3 N–H and O–H groups in total. The summed E-state index contributed by atoms with van der Waals surface area (Å²) in [5, 5.41) is 10.9. The second-order valence-corrected chi connectivity index (χ2v) is 4.53. The Morgan fingerprint density at radius 2 is 2.47 bits per heavy atom. The van der Waals surface area contributed by atoms with E-state index < -0.39 is 4.92 Å². The Morgan fingerprint density at radius 1 is 1.68 bits per heavy atom. The van der Waals surface area contributed by atoms with Crippen LogP contribution < -0.4 is 16.2 Å². The third kappa shape index (κ3) is 3.09. The van der Waals surface area contributed by atoms with E-state index in [0.29, 0.717) is 24.2 Å². The fourth-order valence-electron chi connectivity index (χ4n) is 2.26. The summed E-state index contributed by atoms with van der Waals surface area (Å²) >= 11 is 0. The Morgan fingerprint density at radius 3 is 3.11 bits per heavy atom. The molecule has 1 fully saturated rings. The van der Waals surface area contributed by atoms with Gasteiger partial charge in [-0.05, 0) is 6.42 Å². The van der Waals surface area contributed by atoms with Gasteiger partial charge in [-0.3, -0.25) is 10.1 Å². The average molecular weight is 267 g/mol. The molecule has 1 atom stereocenters. The van der Waals surface area contributed by atoms with Crippen LogP contribution >= 0.6 is 0 Å². The number of rotatable bonds is 5. The van der Waals surface area contributed by atoms with Crippen molar-refractivity contribution in [1.82, 2.24) is 4.98 Å². The monoisotopic (exact) mass is 267 g/mol. The Labute approximate surface area is 110 Å². The Bertz CT molecular complexity index is 468. The van der Waals surface area contributed by atoms with Gasteiger partial charge in [0, 0.05) is 26.1 Å². The molecule has 19 heavy (non-hydrogen) atoms. The van der Waals surface area contributed by atoms with Crippen LogP contribution in [0.3, 0.4) is 0 Å². The first kappa shape index (κ1) is 13.5. The number of nitrogens with one attached hydrogen (secondary N) is 1. The Kier molecular flexibility index (Phi) is 4.13. The molecule has 1 unspecified atom stereocenters. The molecule has 0 aromatic carbocycles. The zero-order valence-electron chi connectivity index (χ0n) is 10.7. The van der Waals surface area contributed by atoms with E-state index in [1.165, 1.54) is 12.1 Å². The fourth-order valence-corrected chi connectivity index (χ4v) is 2.26. The summed E-state index contributed by atoms with van der Waals surface area (Å²) in [6, 6.07) is 2.78. The van der Waals surface area contributed by atoms with Crippen molar-refractivity contribution >= 4 is 17.3 Å². The molecule has 1 aromatic heterocycles. The number of hydrogen-bond donors (Lipinski definition) is 2. The maximum absolute atomic E-state index is 10.9. The number of hydrazine groups is 1. The molecule has 1 aliphatic heterocycles. The van der Waals surface area contributed by atoms with Crippen molar-refractivity contribution < 1.29 is 9.66 Å². The van der Waals surface area contributed by atoms with E-state index in [0.717, 1.165) is 19.5 Å². The molecule has 0 bridgehead atoms. The molecule has 1 saturated heterocycles. The van der Waals surface area contributed by atoms with Crippen molar-refractivity contribution in [1.29, 1.82) is 0 Å². The summed E-state index contributed by atoms with van der Waals surface area (Å²) in [5.41, 5.74) is 2.34. The lowest BCUT2D eigenvalue weighted by Crippen LogP contribution is -2.23. The van der Waals surface area contributed by atoms with Gasteiger partial charge < -0.3 is 15.1 Å². The highest BCUT2D eigenvalue weighted by Crippen LogP contribution is 2.27. The maximum atomic E-state index is 10.9. The molecule has 0 amide bonds. The lowest BCUT2D eigenvalue weighted by molar-refractivity contribution is -0.384. The summed E-state index contributed by atoms with van der Waals surface area (Å²) in [5.74, 6) is 6.58. The van der Waals surface area contributed by atoms with Crippen LogP contribution in [0.5, 0.6) is 0 Å². The maximum Gasteiger partial charge on any atom is 0.276 e. The topological polar surface area (TPSA) is 107 Å². The fraction of sp³-hybridized carbons (Fsp3) is 0.545. The molecular weight excluding hydrogens is 250 g/mol. The minimum absolute atomic E-state index is 0.0202. The number of ether oxygens (including phenoxy) is 1. The second-order valence-electron chi connectivity index (χ2n) is 4.53. The third-order valence-electron chi connectivity index (χ3n) is 3.17. The largest absolute Gasteiger partial charge is 0.384 e. The van der Waals surface area contributed by atoms with Crippen LogP contribution in [0.4, 0.5) is 17.3 Å². The van der Waals surface area contributed by atoms with Gasteiger partial charge in [-0.1, -0.05) is 0 Å². The van der Waals surface area contributed by atoms with Crippen molar-refractivity contribution in [3.63, 3.8) is 0 Å². The molecule has 104 valence electrons. The van der Waals surface area contributed by atoms with E-state index in [2.05, 4.69) is 10.4 Å². The van der Waals surface area contributed by atoms with Gasteiger partial charge in [0.15, 0.2) is 0 Å². The van der Waals surface area contributed by atoms with Gasteiger partial charge in [-0.2, -0.15) is 0 Å². The number of nitrogens with two attached hydrogens (primary N) is 1. The highest BCUT2D eigenvalue weighted by Gasteiger charge is 2.25. The lowest BCUT2D eigenvalue weighted by Gasteiger charge is -2.18. The van der Waals surface area contributed by atoms with Gasteiger partial charge in [-0.25, -0.2) is 10.8 Å². The van der Waals surface area contributed by atoms with Gasteiger partial charge in [0.05, 0.1) is 23.7 Å². The number of methoxy groups -OCH3 is 1. The molecule has 2 rings (SSSR count). The van der Waals surface area contributed by atoms with Gasteiger partial charge >= 0.3 is 0 Å². The molecule has 0 radical (unpaired) electrons. The van der Waals surface area contributed by atoms with E-state index in [4.69, 9.17) is 10.6 Å². The highest BCUT2D eigenvalue weighted by atomic mass is 16.6. The molecule has 1 aliphatic rings. The molecular formula is C11H17N5O3. The Balaban J connectivity index is 2.20. The summed E-state index contributed by atoms with van der Waals surface area (Å²) < 4.78 is 5.13. The number of nitro groups is 1. The number of pyridine rings is 1. The normalized spacial score (nSPS) is 18.6. The van der Waals surface area contributed by atoms with Crippen molar-refractivity contribution in [2.24, 2.45) is 11.8 Å². The minimum Gasteiger partial charge on any atom is -0.384 e. The molecule has 1 aromatic rings. The number of nitrogen functional groups attached to an aromatic ring is 1. The Hall–Kier alpha value is -1.93. The lowest BCUT2D eigenvalue weighted by atomic mass is 10.1. The summed E-state index contributed by atoms with van der Waals surface area (Å²) in [6.45, 7) is 2.28. The number of anilines is 2. The first-order valence-corrected chi connectivity index (χ1v) is 6.01. The summed E-state index contributed by atoms with van der Waals surface area (Å²) in [4.78, 5) is 16.7. The third-order valence-corrected chi connectivity index (χ3v) is 3.17. The van der Waals surface area contributed by atoms with Crippen LogP contribution in [0, 0.1) is 16.0 Å². The van der Waals surface area contributed by atoms with Crippen molar-refractivity contribution in [3.8, 4) is 0 Å². The van der Waals surface area contributed by atoms with E-state index in [1.54, 1.807) is 7.11 Å². The molecule has 0 aliphatic carbocycles. The SMILES string of the molecule is COCC1CCN(c2cc([N+](=O)[O-])cc(NN)n2)C1. The first-order chi connectivity index (χ1) is 9.13. The first-order valence-electron chi connectivity index (χ1n) is 6.01.